The van der Waals surface area contributed by atoms with Crippen LogP contribution in [0.5, 0.6) is 0 Å². The van der Waals surface area contributed by atoms with Gasteiger partial charge in [-0.2, -0.15) is 0 Å². The molecule has 0 rings (SSSR count). The molecule has 0 fully saturated rings. The number of hydrogen-bond donors (Lipinski definition) is 1. The van der Waals surface area contributed by atoms with Gasteiger partial charge in [-0.1, -0.05) is 13.5 Å². The lowest BCUT2D eigenvalue weighted by molar-refractivity contribution is -0.136. The quantitative estimate of drug-likeness (QED) is 0.484. The van der Waals surface area contributed by atoms with Crippen molar-refractivity contribution in [3.8, 4) is 0 Å². The van der Waals surface area contributed by atoms with E-state index < -0.39 is 5.97 Å². The summed E-state index contributed by atoms with van der Waals surface area (Å²) in [5.74, 6) is -0.404. The van der Waals surface area contributed by atoms with Crippen LogP contribution in [0.15, 0.2) is 12.2 Å². The molecule has 0 unspecified atom stereocenters. The van der Waals surface area contributed by atoms with Crippen LogP contribution in [0.4, 0.5) is 0 Å². The maximum absolute atomic E-state index is 10.8. The first-order valence-electron chi connectivity index (χ1n) is 3.51. The third-order valence-electron chi connectivity index (χ3n) is 1.60. The largest absolute Gasteiger partial charge is 0.466 e. The number of aliphatic hydroxyl groups excluding tert-OH is 1. The SMILES string of the molecule is C=C(C(=O)OC)[C@H](C)CCO. The summed E-state index contributed by atoms with van der Waals surface area (Å²) in [5, 5.41) is 8.55. The lowest BCUT2D eigenvalue weighted by Crippen LogP contribution is -2.12. The Balaban J connectivity index is 3.91. The van der Waals surface area contributed by atoms with Crippen LogP contribution in [0.1, 0.15) is 13.3 Å². The topological polar surface area (TPSA) is 46.5 Å². The highest BCUT2D eigenvalue weighted by Gasteiger charge is 2.13. The van der Waals surface area contributed by atoms with Crippen molar-refractivity contribution in [1.82, 2.24) is 0 Å². The van der Waals surface area contributed by atoms with Crippen molar-refractivity contribution in [3.05, 3.63) is 12.2 Å². The number of ether oxygens (including phenoxy) is 1. The van der Waals surface area contributed by atoms with E-state index in [1.165, 1.54) is 7.11 Å². The third kappa shape index (κ3) is 3.18. The van der Waals surface area contributed by atoms with Crippen LogP contribution >= 0.6 is 0 Å². The molecule has 0 spiro atoms. The van der Waals surface area contributed by atoms with E-state index >= 15 is 0 Å². The van der Waals surface area contributed by atoms with Crippen LogP contribution < -0.4 is 0 Å². The van der Waals surface area contributed by atoms with Gasteiger partial charge in [0.2, 0.25) is 0 Å². The van der Waals surface area contributed by atoms with E-state index in [0.29, 0.717) is 12.0 Å². The lowest BCUT2D eigenvalue weighted by atomic mass is 10.00. The third-order valence-corrected chi connectivity index (χ3v) is 1.60. The summed E-state index contributed by atoms with van der Waals surface area (Å²) >= 11 is 0. The van der Waals surface area contributed by atoms with Crippen LogP contribution in [0.25, 0.3) is 0 Å². The van der Waals surface area contributed by atoms with E-state index in [9.17, 15) is 4.79 Å². The fourth-order valence-electron chi connectivity index (χ4n) is 0.700. The number of esters is 1. The van der Waals surface area contributed by atoms with E-state index in [4.69, 9.17) is 5.11 Å². The Kier molecular flexibility index (Phi) is 4.54. The van der Waals surface area contributed by atoms with Crippen LogP contribution in [-0.2, 0) is 9.53 Å². The van der Waals surface area contributed by atoms with Crippen molar-refractivity contribution in [3.63, 3.8) is 0 Å². The molecule has 1 atom stereocenters. The zero-order valence-corrected chi connectivity index (χ0v) is 6.96. The molecule has 0 bridgehead atoms. The highest BCUT2D eigenvalue weighted by molar-refractivity contribution is 5.88. The second-order valence-electron chi connectivity index (χ2n) is 2.43. The molecular formula is C8H14O3. The van der Waals surface area contributed by atoms with Gasteiger partial charge in [0, 0.05) is 12.2 Å². The molecule has 0 heterocycles. The van der Waals surface area contributed by atoms with Crippen molar-refractivity contribution in [2.45, 2.75) is 13.3 Å². The van der Waals surface area contributed by atoms with Gasteiger partial charge in [-0.3, -0.25) is 0 Å². The van der Waals surface area contributed by atoms with E-state index in [1.807, 2.05) is 6.92 Å². The molecule has 64 valence electrons. The Hall–Kier alpha value is -0.830. The minimum atomic E-state index is -0.397. The van der Waals surface area contributed by atoms with Crippen molar-refractivity contribution in [2.24, 2.45) is 5.92 Å². The number of carbonyl (C=O) groups excluding carboxylic acids is 1. The maximum Gasteiger partial charge on any atom is 0.333 e. The molecule has 0 radical (unpaired) electrons. The minimum Gasteiger partial charge on any atom is -0.466 e. The monoisotopic (exact) mass is 158 g/mol. The fraction of sp³-hybridized carbons (Fsp3) is 0.625. The molecule has 3 nitrogen and oxygen atoms in total. The number of carbonyl (C=O) groups is 1. The minimum absolute atomic E-state index is 0.00699. The molecule has 0 aromatic rings. The highest BCUT2D eigenvalue weighted by atomic mass is 16.5. The normalized spacial score (nSPS) is 12.3. The van der Waals surface area contributed by atoms with Gasteiger partial charge in [0.1, 0.15) is 0 Å². The van der Waals surface area contributed by atoms with Crippen molar-refractivity contribution < 1.29 is 14.6 Å². The van der Waals surface area contributed by atoms with Gasteiger partial charge in [0.05, 0.1) is 7.11 Å². The van der Waals surface area contributed by atoms with Gasteiger partial charge in [-0.25, -0.2) is 4.79 Å². The Morgan fingerprint density at radius 1 is 1.73 bits per heavy atom. The van der Waals surface area contributed by atoms with Crippen LogP contribution in [0, 0.1) is 5.92 Å². The smallest absolute Gasteiger partial charge is 0.333 e. The predicted molar refractivity (Wildman–Crippen MR) is 42.0 cm³/mol. The Morgan fingerprint density at radius 3 is 2.64 bits per heavy atom. The fourth-order valence-corrected chi connectivity index (χ4v) is 0.700. The first kappa shape index (κ1) is 10.2. The number of hydrogen-bond acceptors (Lipinski definition) is 3. The Bertz CT molecular complexity index is 151. The van der Waals surface area contributed by atoms with Crippen LogP contribution in [-0.4, -0.2) is 24.8 Å². The maximum atomic E-state index is 10.8. The molecule has 0 aliphatic carbocycles. The summed E-state index contributed by atoms with van der Waals surface area (Å²) in [6, 6.07) is 0. The summed E-state index contributed by atoms with van der Waals surface area (Å²) < 4.78 is 4.46. The molecule has 11 heavy (non-hydrogen) atoms. The van der Waals surface area contributed by atoms with E-state index in [2.05, 4.69) is 11.3 Å². The summed E-state index contributed by atoms with van der Waals surface area (Å²) in [5.41, 5.74) is 0.418. The standard InChI is InChI=1S/C8H14O3/c1-6(4-5-9)7(2)8(10)11-3/h6,9H,2,4-5H2,1,3H3/t6-/m1/s1. The van der Waals surface area contributed by atoms with Gasteiger partial charge >= 0.3 is 5.97 Å². The summed E-state index contributed by atoms with van der Waals surface area (Å²) in [6.07, 6.45) is 0.550. The zero-order valence-electron chi connectivity index (χ0n) is 6.96. The molecule has 1 N–H and O–H groups in total. The van der Waals surface area contributed by atoms with Crippen molar-refractivity contribution in [1.29, 1.82) is 0 Å². The predicted octanol–water partition coefficient (Wildman–Crippen LogP) is 0.734. The Morgan fingerprint density at radius 2 is 2.27 bits per heavy atom. The molecule has 0 amide bonds. The van der Waals surface area contributed by atoms with Crippen LogP contribution in [0.2, 0.25) is 0 Å². The van der Waals surface area contributed by atoms with Gasteiger partial charge < -0.3 is 9.84 Å². The van der Waals surface area contributed by atoms with Crippen molar-refractivity contribution in [2.75, 3.05) is 13.7 Å². The van der Waals surface area contributed by atoms with Gasteiger partial charge in [0.25, 0.3) is 0 Å². The van der Waals surface area contributed by atoms with E-state index in [1.54, 1.807) is 0 Å². The molecule has 0 aromatic heterocycles. The average molecular weight is 158 g/mol. The first-order valence-corrected chi connectivity index (χ1v) is 3.51. The van der Waals surface area contributed by atoms with E-state index in [-0.39, 0.29) is 12.5 Å². The summed E-state index contributed by atoms with van der Waals surface area (Å²) in [4.78, 5) is 10.8. The number of rotatable bonds is 4. The first-order chi connectivity index (χ1) is 5.13. The van der Waals surface area contributed by atoms with Gasteiger partial charge in [0.15, 0.2) is 0 Å². The Labute approximate surface area is 66.7 Å². The molecule has 3 heteroatoms. The molecule has 0 aliphatic rings. The van der Waals surface area contributed by atoms with E-state index in [0.717, 1.165) is 0 Å². The molecule has 0 aliphatic heterocycles. The second-order valence-corrected chi connectivity index (χ2v) is 2.43. The average Bonchev–Trinajstić information content (AvgIpc) is 2.02. The van der Waals surface area contributed by atoms with Gasteiger partial charge in [-0.15, -0.1) is 0 Å². The molecular weight excluding hydrogens is 144 g/mol. The number of methoxy groups -OCH3 is 1. The highest BCUT2D eigenvalue weighted by Crippen LogP contribution is 2.12. The van der Waals surface area contributed by atoms with Gasteiger partial charge in [-0.05, 0) is 12.3 Å². The number of aliphatic hydroxyl groups is 1. The second kappa shape index (κ2) is 4.91. The van der Waals surface area contributed by atoms with Crippen molar-refractivity contribution >= 4 is 5.97 Å². The molecule has 0 saturated carbocycles. The molecule has 0 aromatic carbocycles. The lowest BCUT2D eigenvalue weighted by Gasteiger charge is -2.10. The zero-order chi connectivity index (χ0) is 8.85. The summed E-state index contributed by atoms with van der Waals surface area (Å²) in [6.45, 7) is 5.45. The molecule has 0 saturated heterocycles. The van der Waals surface area contributed by atoms with Crippen LogP contribution in [0.3, 0.4) is 0 Å². The summed E-state index contributed by atoms with van der Waals surface area (Å²) in [7, 11) is 1.32.